The minimum atomic E-state index is -0.779. The quantitative estimate of drug-likeness (QED) is 0.480. The predicted octanol–water partition coefficient (Wildman–Crippen LogP) is 4.50. The molecule has 0 saturated carbocycles. The van der Waals surface area contributed by atoms with E-state index in [1.165, 1.54) is 0 Å². The molecular formula is C19H14N4O5. The van der Waals surface area contributed by atoms with Gasteiger partial charge in [0.25, 0.3) is 17.3 Å². The van der Waals surface area contributed by atoms with Crippen molar-refractivity contribution in [1.29, 1.82) is 0 Å². The second-order valence-electron chi connectivity index (χ2n) is 5.71. The Bertz CT molecular complexity index is 1040. The molecule has 0 spiro atoms. The first-order valence-electron chi connectivity index (χ1n) is 8.11. The minimum absolute atomic E-state index is 0.129. The number of carbonyl (C=O) groups excluding carboxylic acids is 1. The monoisotopic (exact) mass is 378 g/mol. The van der Waals surface area contributed by atoms with Crippen LogP contribution in [-0.4, -0.2) is 15.8 Å². The third kappa shape index (κ3) is 4.10. The molecule has 3 rings (SSSR count). The molecular weight excluding hydrogens is 364 g/mol. The molecule has 9 heteroatoms. The summed E-state index contributed by atoms with van der Waals surface area (Å²) in [7, 11) is 0. The fourth-order valence-corrected chi connectivity index (χ4v) is 2.56. The number of anilines is 3. The number of non-ortho nitro benzene ring substituents is 1. The molecule has 1 amide bonds. The molecule has 9 nitrogen and oxygen atoms in total. The van der Waals surface area contributed by atoms with E-state index in [9.17, 15) is 25.0 Å². The van der Waals surface area contributed by atoms with Crippen LogP contribution in [-0.2, 0) is 0 Å². The maximum absolute atomic E-state index is 12.8. The lowest BCUT2D eigenvalue weighted by atomic mass is 10.1. The van der Waals surface area contributed by atoms with Crippen LogP contribution >= 0.6 is 0 Å². The van der Waals surface area contributed by atoms with E-state index < -0.39 is 27.1 Å². The van der Waals surface area contributed by atoms with Crippen molar-refractivity contribution in [3.8, 4) is 0 Å². The summed E-state index contributed by atoms with van der Waals surface area (Å²) < 4.78 is 0. The van der Waals surface area contributed by atoms with Crippen molar-refractivity contribution in [1.82, 2.24) is 0 Å². The summed E-state index contributed by atoms with van der Waals surface area (Å²) in [6.45, 7) is 0. The van der Waals surface area contributed by atoms with Crippen molar-refractivity contribution in [3.05, 3.63) is 98.6 Å². The topological polar surface area (TPSA) is 127 Å². The highest BCUT2D eigenvalue weighted by atomic mass is 16.6. The Hall–Kier alpha value is -4.27. The largest absolute Gasteiger partial charge is 0.349 e. The van der Waals surface area contributed by atoms with Crippen molar-refractivity contribution >= 4 is 34.3 Å². The van der Waals surface area contributed by atoms with Crippen LogP contribution in [0.25, 0.3) is 0 Å². The fourth-order valence-electron chi connectivity index (χ4n) is 2.56. The van der Waals surface area contributed by atoms with Gasteiger partial charge in [-0.15, -0.1) is 0 Å². The Labute approximate surface area is 158 Å². The van der Waals surface area contributed by atoms with Gasteiger partial charge in [-0.25, -0.2) is 0 Å². The van der Waals surface area contributed by atoms with Gasteiger partial charge in [-0.05, 0) is 24.3 Å². The average molecular weight is 378 g/mol. The number of hydrogen-bond acceptors (Lipinski definition) is 6. The Balaban J connectivity index is 2.12. The Morgan fingerprint density at radius 1 is 0.786 bits per heavy atom. The van der Waals surface area contributed by atoms with Crippen LogP contribution in [0.3, 0.4) is 0 Å². The minimum Gasteiger partial charge on any atom is -0.349 e. The van der Waals surface area contributed by atoms with Gasteiger partial charge >= 0.3 is 0 Å². The molecule has 0 saturated heterocycles. The lowest BCUT2D eigenvalue weighted by Gasteiger charge is -2.13. The second-order valence-corrected chi connectivity index (χ2v) is 5.71. The van der Waals surface area contributed by atoms with Gasteiger partial charge < -0.3 is 10.6 Å². The maximum Gasteiger partial charge on any atom is 0.300 e. The number of benzene rings is 3. The molecule has 3 aromatic carbocycles. The van der Waals surface area contributed by atoms with Crippen LogP contribution in [0.2, 0.25) is 0 Å². The number of rotatable bonds is 6. The summed E-state index contributed by atoms with van der Waals surface area (Å²) in [5.74, 6) is -0.712. The molecule has 0 aliphatic carbocycles. The third-order valence-corrected chi connectivity index (χ3v) is 3.83. The molecule has 0 radical (unpaired) electrons. The van der Waals surface area contributed by atoms with Gasteiger partial charge in [-0.2, -0.15) is 0 Å². The third-order valence-electron chi connectivity index (χ3n) is 3.83. The van der Waals surface area contributed by atoms with Gasteiger partial charge in [0.1, 0.15) is 5.69 Å². The number of nitro groups is 2. The summed E-state index contributed by atoms with van der Waals surface area (Å²) in [4.78, 5) is 34.0. The van der Waals surface area contributed by atoms with E-state index in [-0.39, 0.29) is 11.3 Å². The number of hydrogen-bond donors (Lipinski definition) is 2. The van der Waals surface area contributed by atoms with Gasteiger partial charge in [-0.1, -0.05) is 36.4 Å². The molecule has 0 fully saturated rings. The first-order valence-corrected chi connectivity index (χ1v) is 8.11. The van der Waals surface area contributed by atoms with Gasteiger partial charge in [0.15, 0.2) is 0 Å². The van der Waals surface area contributed by atoms with Crippen molar-refractivity contribution < 1.29 is 14.6 Å². The van der Waals surface area contributed by atoms with Gasteiger partial charge in [0.2, 0.25) is 0 Å². The van der Waals surface area contributed by atoms with Crippen molar-refractivity contribution in [3.63, 3.8) is 0 Å². The zero-order chi connectivity index (χ0) is 20.1. The normalized spacial score (nSPS) is 10.1. The SMILES string of the molecule is O=C(Nc1ccccc1)c1cc([N+](=O)[O-])cc([N+](=O)[O-])c1Nc1ccccc1. The average Bonchev–Trinajstić information content (AvgIpc) is 2.69. The number of amides is 1. The Morgan fingerprint density at radius 3 is 1.89 bits per heavy atom. The number of nitrogens with one attached hydrogen (secondary N) is 2. The number of nitro benzene ring substituents is 2. The Morgan fingerprint density at radius 2 is 1.36 bits per heavy atom. The van der Waals surface area contributed by atoms with E-state index in [4.69, 9.17) is 0 Å². The molecule has 140 valence electrons. The zero-order valence-corrected chi connectivity index (χ0v) is 14.4. The maximum atomic E-state index is 12.8. The van der Waals surface area contributed by atoms with Crippen molar-refractivity contribution in [2.75, 3.05) is 10.6 Å². The van der Waals surface area contributed by atoms with E-state index >= 15 is 0 Å². The summed E-state index contributed by atoms with van der Waals surface area (Å²) in [5, 5.41) is 28.2. The number of para-hydroxylation sites is 2. The van der Waals surface area contributed by atoms with E-state index in [0.717, 1.165) is 12.1 Å². The second kappa shape index (κ2) is 7.96. The van der Waals surface area contributed by atoms with Gasteiger partial charge in [0, 0.05) is 17.4 Å². The fraction of sp³-hybridized carbons (Fsp3) is 0. The highest BCUT2D eigenvalue weighted by Gasteiger charge is 2.27. The number of carbonyl (C=O) groups is 1. The first-order chi connectivity index (χ1) is 13.5. The van der Waals surface area contributed by atoms with Gasteiger partial charge in [-0.3, -0.25) is 25.0 Å². The lowest BCUT2D eigenvalue weighted by molar-refractivity contribution is -0.393. The summed E-state index contributed by atoms with van der Waals surface area (Å²) in [6.07, 6.45) is 0. The zero-order valence-electron chi connectivity index (χ0n) is 14.4. The standard InChI is InChI=1S/C19H14N4O5/c24-19(21-14-9-5-2-6-10-14)16-11-15(22(25)26)12-17(23(27)28)18(16)20-13-7-3-1-4-8-13/h1-12,20H,(H,21,24). The summed E-state index contributed by atoms with van der Waals surface area (Å²) >= 11 is 0. The van der Waals surface area contributed by atoms with Crippen LogP contribution in [0.5, 0.6) is 0 Å². The molecule has 3 aromatic rings. The highest BCUT2D eigenvalue weighted by molar-refractivity contribution is 6.10. The Kier molecular flexibility index (Phi) is 5.26. The molecule has 0 unspecified atom stereocenters. The molecule has 0 bridgehead atoms. The molecule has 0 aliphatic heterocycles. The lowest BCUT2D eigenvalue weighted by Crippen LogP contribution is -2.15. The van der Waals surface area contributed by atoms with Crippen LogP contribution in [0.4, 0.5) is 28.4 Å². The number of nitrogens with zero attached hydrogens (tertiary/aromatic N) is 2. The predicted molar refractivity (Wildman–Crippen MR) is 104 cm³/mol. The van der Waals surface area contributed by atoms with Crippen LogP contribution in [0.15, 0.2) is 72.8 Å². The van der Waals surface area contributed by atoms with Crippen LogP contribution in [0.1, 0.15) is 10.4 Å². The summed E-state index contributed by atoms with van der Waals surface area (Å²) in [6, 6.07) is 18.8. The van der Waals surface area contributed by atoms with Crippen LogP contribution < -0.4 is 10.6 Å². The smallest absolute Gasteiger partial charge is 0.300 e. The molecule has 0 atom stereocenters. The molecule has 28 heavy (non-hydrogen) atoms. The van der Waals surface area contributed by atoms with E-state index in [1.807, 2.05) is 0 Å². The van der Waals surface area contributed by atoms with Crippen LogP contribution in [0, 0.1) is 20.2 Å². The summed E-state index contributed by atoms with van der Waals surface area (Å²) in [5.41, 5.74) is -0.524. The van der Waals surface area contributed by atoms with E-state index in [0.29, 0.717) is 11.4 Å². The van der Waals surface area contributed by atoms with E-state index in [1.54, 1.807) is 60.7 Å². The van der Waals surface area contributed by atoms with Crippen molar-refractivity contribution in [2.45, 2.75) is 0 Å². The van der Waals surface area contributed by atoms with Gasteiger partial charge in [0.05, 0.1) is 21.5 Å². The molecule has 0 aromatic heterocycles. The first kappa shape index (κ1) is 18.5. The molecule has 0 heterocycles. The molecule has 0 aliphatic rings. The molecule has 2 N–H and O–H groups in total. The highest BCUT2D eigenvalue weighted by Crippen LogP contribution is 2.36. The van der Waals surface area contributed by atoms with E-state index in [2.05, 4.69) is 10.6 Å². The van der Waals surface area contributed by atoms with Crippen molar-refractivity contribution in [2.24, 2.45) is 0 Å².